The molecule has 0 bridgehead atoms. The summed E-state index contributed by atoms with van der Waals surface area (Å²) in [5.41, 5.74) is 1.85. The van der Waals surface area contributed by atoms with Crippen LogP contribution in [0.2, 0.25) is 0 Å². The van der Waals surface area contributed by atoms with Crippen molar-refractivity contribution < 1.29 is 14.1 Å². The summed E-state index contributed by atoms with van der Waals surface area (Å²) in [5.74, 6) is -1.04. The number of hydrogen-bond donors (Lipinski definition) is 1. The predicted octanol–water partition coefficient (Wildman–Crippen LogP) is 4.97. The Morgan fingerprint density at radius 3 is 2.12 bits per heavy atom. The molecule has 0 saturated carbocycles. The van der Waals surface area contributed by atoms with Gasteiger partial charge in [-0.15, -0.1) is 0 Å². The van der Waals surface area contributed by atoms with E-state index in [1.807, 2.05) is 12.1 Å². The van der Waals surface area contributed by atoms with Crippen LogP contribution < -0.4 is 5.32 Å². The number of likely N-dealkylation sites (tertiary alicyclic amines) is 1. The highest BCUT2D eigenvalue weighted by Gasteiger charge is 2.28. The zero-order valence-corrected chi connectivity index (χ0v) is 18.2. The smallest absolute Gasteiger partial charge is 0.282 e. The van der Waals surface area contributed by atoms with Crippen molar-refractivity contribution in [3.63, 3.8) is 0 Å². The number of hydrogen-bond acceptors (Lipinski definition) is 4. The molecule has 0 atom stereocenters. The molecule has 33 heavy (non-hydrogen) atoms. The van der Waals surface area contributed by atoms with Crippen LogP contribution in [0, 0.1) is 21.8 Å². The number of rotatable bonds is 7. The van der Waals surface area contributed by atoms with Crippen LogP contribution in [-0.2, 0) is 0 Å². The number of nitro groups is 1. The number of amides is 1. The normalized spacial score (nSPS) is 14.8. The molecule has 1 fully saturated rings. The Labute approximate surface area is 192 Å². The van der Waals surface area contributed by atoms with E-state index in [-0.39, 0.29) is 17.5 Å². The average molecular weight is 448 g/mol. The standard InChI is InChI=1S/C26H26FN3O3/c27-22-11-12-24(30(32)33)23(17-22)26(31)28-18-19-13-15-29(16-14-19)25(20-7-3-1-4-8-20)21-9-5-2-6-10-21/h1-12,17,19,25H,13-16,18H2,(H,28,31). The van der Waals surface area contributed by atoms with E-state index in [0.717, 1.165) is 44.1 Å². The van der Waals surface area contributed by atoms with E-state index < -0.39 is 22.3 Å². The lowest BCUT2D eigenvalue weighted by Gasteiger charge is -2.38. The van der Waals surface area contributed by atoms with Crippen LogP contribution in [0.4, 0.5) is 10.1 Å². The van der Waals surface area contributed by atoms with Gasteiger partial charge in [0.05, 0.1) is 11.0 Å². The summed E-state index contributed by atoms with van der Waals surface area (Å²) in [5, 5.41) is 13.9. The number of benzene rings is 3. The molecule has 1 N–H and O–H groups in total. The first-order valence-electron chi connectivity index (χ1n) is 11.1. The minimum atomic E-state index is -0.674. The van der Waals surface area contributed by atoms with Crippen molar-refractivity contribution in [2.24, 2.45) is 5.92 Å². The Hall–Kier alpha value is -3.58. The molecule has 3 aromatic rings. The van der Waals surface area contributed by atoms with Gasteiger partial charge < -0.3 is 5.32 Å². The number of carbonyl (C=O) groups excluding carboxylic acids is 1. The monoisotopic (exact) mass is 447 g/mol. The Morgan fingerprint density at radius 1 is 1.00 bits per heavy atom. The van der Waals surface area contributed by atoms with Crippen LogP contribution in [0.5, 0.6) is 0 Å². The van der Waals surface area contributed by atoms with Gasteiger partial charge in [0.15, 0.2) is 0 Å². The molecule has 1 aliphatic heterocycles. The van der Waals surface area contributed by atoms with Crippen LogP contribution in [0.15, 0.2) is 78.9 Å². The van der Waals surface area contributed by atoms with Crippen molar-refractivity contribution in [3.05, 3.63) is 111 Å². The fourth-order valence-corrected chi connectivity index (χ4v) is 4.48. The van der Waals surface area contributed by atoms with E-state index in [0.29, 0.717) is 6.54 Å². The molecule has 1 heterocycles. The van der Waals surface area contributed by atoms with Crippen LogP contribution in [0.1, 0.15) is 40.4 Å². The summed E-state index contributed by atoms with van der Waals surface area (Å²) in [6.07, 6.45) is 1.78. The molecule has 6 nitrogen and oxygen atoms in total. The SMILES string of the molecule is O=C(NCC1CCN(C(c2ccccc2)c2ccccc2)CC1)c1cc(F)ccc1[N+](=O)[O-]. The lowest BCUT2D eigenvalue weighted by atomic mass is 9.91. The Bertz CT molecular complexity index is 1060. The van der Waals surface area contributed by atoms with E-state index >= 15 is 0 Å². The zero-order chi connectivity index (χ0) is 23.2. The molecule has 1 amide bonds. The summed E-state index contributed by atoms with van der Waals surface area (Å²) < 4.78 is 13.6. The van der Waals surface area contributed by atoms with Gasteiger partial charge in [0.25, 0.3) is 11.6 Å². The minimum absolute atomic E-state index is 0.165. The molecule has 4 rings (SSSR count). The maximum absolute atomic E-state index is 13.6. The lowest BCUT2D eigenvalue weighted by Crippen LogP contribution is -2.40. The highest BCUT2D eigenvalue weighted by Crippen LogP contribution is 2.32. The molecular weight excluding hydrogens is 421 g/mol. The Morgan fingerprint density at radius 2 is 1.58 bits per heavy atom. The second-order valence-electron chi connectivity index (χ2n) is 8.33. The summed E-state index contributed by atoms with van der Waals surface area (Å²) in [4.78, 5) is 25.5. The summed E-state index contributed by atoms with van der Waals surface area (Å²) in [6, 6.07) is 23.9. The van der Waals surface area contributed by atoms with E-state index in [1.165, 1.54) is 11.1 Å². The van der Waals surface area contributed by atoms with Gasteiger partial charge in [-0.05, 0) is 55.1 Å². The largest absolute Gasteiger partial charge is 0.352 e. The molecular formula is C26H26FN3O3. The highest BCUT2D eigenvalue weighted by atomic mass is 19.1. The Kier molecular flexibility index (Phi) is 7.10. The highest BCUT2D eigenvalue weighted by molar-refractivity contribution is 5.98. The van der Waals surface area contributed by atoms with Crippen molar-refractivity contribution in [2.45, 2.75) is 18.9 Å². The van der Waals surface area contributed by atoms with E-state index in [9.17, 15) is 19.3 Å². The molecule has 0 aliphatic carbocycles. The summed E-state index contributed by atoms with van der Waals surface area (Å²) >= 11 is 0. The van der Waals surface area contributed by atoms with Gasteiger partial charge in [0, 0.05) is 12.6 Å². The van der Waals surface area contributed by atoms with Gasteiger partial charge in [0.1, 0.15) is 11.4 Å². The third kappa shape index (κ3) is 5.43. The second kappa shape index (κ2) is 10.4. The quantitative estimate of drug-likeness (QED) is 0.410. The third-order valence-electron chi connectivity index (χ3n) is 6.20. The van der Waals surface area contributed by atoms with Gasteiger partial charge in [-0.3, -0.25) is 19.8 Å². The molecule has 170 valence electrons. The van der Waals surface area contributed by atoms with Gasteiger partial charge in [-0.2, -0.15) is 0 Å². The molecule has 0 spiro atoms. The van der Waals surface area contributed by atoms with Gasteiger partial charge in [-0.25, -0.2) is 4.39 Å². The number of carbonyl (C=O) groups is 1. The molecule has 7 heteroatoms. The van der Waals surface area contributed by atoms with Crippen LogP contribution in [0.25, 0.3) is 0 Å². The van der Waals surface area contributed by atoms with Crippen molar-refractivity contribution in [2.75, 3.05) is 19.6 Å². The first-order valence-corrected chi connectivity index (χ1v) is 11.1. The van der Waals surface area contributed by atoms with Gasteiger partial charge >= 0.3 is 0 Å². The van der Waals surface area contributed by atoms with Crippen molar-refractivity contribution in [3.8, 4) is 0 Å². The minimum Gasteiger partial charge on any atom is -0.352 e. The number of halogens is 1. The maximum atomic E-state index is 13.6. The maximum Gasteiger partial charge on any atom is 0.282 e. The molecule has 0 aromatic heterocycles. The first kappa shape index (κ1) is 22.6. The summed E-state index contributed by atoms with van der Waals surface area (Å²) in [7, 11) is 0. The molecule has 3 aromatic carbocycles. The average Bonchev–Trinajstić information content (AvgIpc) is 2.84. The lowest BCUT2D eigenvalue weighted by molar-refractivity contribution is -0.385. The van der Waals surface area contributed by atoms with E-state index in [2.05, 4.69) is 58.7 Å². The predicted molar refractivity (Wildman–Crippen MR) is 124 cm³/mol. The third-order valence-corrected chi connectivity index (χ3v) is 6.20. The molecule has 0 radical (unpaired) electrons. The fourth-order valence-electron chi connectivity index (χ4n) is 4.48. The van der Waals surface area contributed by atoms with E-state index in [4.69, 9.17) is 0 Å². The molecule has 1 saturated heterocycles. The fraction of sp³-hybridized carbons (Fsp3) is 0.269. The number of nitrogens with one attached hydrogen (secondary N) is 1. The summed E-state index contributed by atoms with van der Waals surface area (Å²) in [6.45, 7) is 2.14. The topological polar surface area (TPSA) is 75.5 Å². The molecule has 0 unspecified atom stereocenters. The first-order chi connectivity index (χ1) is 16.0. The van der Waals surface area contributed by atoms with Crippen molar-refractivity contribution >= 4 is 11.6 Å². The van der Waals surface area contributed by atoms with Crippen molar-refractivity contribution in [1.29, 1.82) is 0 Å². The van der Waals surface area contributed by atoms with Crippen LogP contribution >= 0.6 is 0 Å². The number of nitro benzene ring substituents is 1. The number of piperidine rings is 1. The van der Waals surface area contributed by atoms with Crippen molar-refractivity contribution in [1.82, 2.24) is 10.2 Å². The van der Waals surface area contributed by atoms with Crippen LogP contribution in [0.3, 0.4) is 0 Å². The number of nitrogens with zero attached hydrogens (tertiary/aromatic N) is 2. The second-order valence-corrected chi connectivity index (χ2v) is 8.33. The zero-order valence-electron chi connectivity index (χ0n) is 18.2. The van der Waals surface area contributed by atoms with Gasteiger partial charge in [0.2, 0.25) is 0 Å². The Balaban J connectivity index is 1.39. The van der Waals surface area contributed by atoms with Crippen LogP contribution in [-0.4, -0.2) is 35.4 Å². The molecule has 1 aliphatic rings. The van der Waals surface area contributed by atoms with Gasteiger partial charge in [-0.1, -0.05) is 60.7 Å². The van der Waals surface area contributed by atoms with E-state index in [1.54, 1.807) is 0 Å².